The summed E-state index contributed by atoms with van der Waals surface area (Å²) in [6.45, 7) is 4.45. The minimum Gasteiger partial charge on any atom is -0.494 e. The number of benzene rings is 2. The predicted molar refractivity (Wildman–Crippen MR) is 126 cm³/mol. The van der Waals surface area contributed by atoms with Crippen LogP contribution in [0.3, 0.4) is 0 Å². The Bertz CT molecular complexity index is 1180. The topological polar surface area (TPSA) is 110 Å². The number of unbranched alkanes of at least 4 members (excludes halogenated alkanes) is 1. The van der Waals surface area contributed by atoms with Gasteiger partial charge in [0.1, 0.15) is 15.7 Å². The number of nitrogens with one attached hydrogen (secondary N) is 2. The Kier molecular flexibility index (Phi) is 8.05. The van der Waals surface area contributed by atoms with E-state index in [0.717, 1.165) is 24.3 Å². The van der Waals surface area contributed by atoms with E-state index in [1.54, 1.807) is 24.3 Å². The maximum atomic E-state index is 12.9. The fraction of sp³-hybridized carbons (Fsp3) is 0.286. The van der Waals surface area contributed by atoms with Crippen molar-refractivity contribution in [3.05, 3.63) is 58.1 Å². The lowest BCUT2D eigenvalue weighted by atomic mass is 10.2. The molecule has 0 atom stereocenters. The van der Waals surface area contributed by atoms with Gasteiger partial charge in [-0.1, -0.05) is 36.3 Å². The van der Waals surface area contributed by atoms with E-state index >= 15 is 0 Å². The molecule has 0 bridgehead atoms. The van der Waals surface area contributed by atoms with Crippen molar-refractivity contribution < 1.29 is 17.9 Å². The number of hydrogen-bond donors (Lipinski definition) is 2. The summed E-state index contributed by atoms with van der Waals surface area (Å²) in [5.74, 6) is 0.124. The van der Waals surface area contributed by atoms with Gasteiger partial charge in [-0.05, 0) is 55.8 Å². The van der Waals surface area contributed by atoms with Gasteiger partial charge in [0, 0.05) is 17.7 Å². The summed E-state index contributed by atoms with van der Waals surface area (Å²) in [6, 6.07) is 10.5. The van der Waals surface area contributed by atoms with Gasteiger partial charge in [-0.3, -0.25) is 14.8 Å². The number of aryl methyl sites for hydroxylation is 1. The van der Waals surface area contributed by atoms with Gasteiger partial charge < -0.3 is 4.74 Å². The minimum atomic E-state index is -4.03. The summed E-state index contributed by atoms with van der Waals surface area (Å²) in [5.41, 5.74) is 0.472. The van der Waals surface area contributed by atoms with Crippen molar-refractivity contribution in [2.45, 2.75) is 38.0 Å². The third kappa shape index (κ3) is 6.18. The molecule has 3 rings (SSSR count). The quantitative estimate of drug-likeness (QED) is 0.411. The molecule has 1 aromatic heterocycles. The Morgan fingerprint density at radius 3 is 2.56 bits per heavy atom. The number of sulfonamides is 1. The van der Waals surface area contributed by atoms with Gasteiger partial charge in [0.05, 0.1) is 11.6 Å². The first-order valence-corrected chi connectivity index (χ1v) is 12.7. The Morgan fingerprint density at radius 1 is 1.12 bits per heavy atom. The lowest BCUT2D eigenvalue weighted by Crippen LogP contribution is -2.16. The number of anilines is 2. The lowest BCUT2D eigenvalue weighted by molar-refractivity contribution is 0.102. The number of aromatic nitrogens is 2. The van der Waals surface area contributed by atoms with E-state index in [2.05, 4.69) is 27.2 Å². The van der Waals surface area contributed by atoms with E-state index in [0.29, 0.717) is 23.2 Å². The Balaban J connectivity index is 1.76. The van der Waals surface area contributed by atoms with Crippen LogP contribution < -0.4 is 14.8 Å². The van der Waals surface area contributed by atoms with Crippen molar-refractivity contribution in [1.82, 2.24) is 10.2 Å². The lowest BCUT2D eigenvalue weighted by Gasteiger charge is -2.11. The highest BCUT2D eigenvalue weighted by atomic mass is 35.5. The van der Waals surface area contributed by atoms with E-state index in [1.165, 1.54) is 29.5 Å². The molecule has 3 aromatic rings. The number of amides is 1. The molecule has 0 radical (unpaired) electrons. The van der Waals surface area contributed by atoms with Crippen molar-refractivity contribution in [2.24, 2.45) is 0 Å². The molecule has 0 aliphatic rings. The zero-order valence-electron chi connectivity index (χ0n) is 17.6. The van der Waals surface area contributed by atoms with E-state index in [9.17, 15) is 13.2 Å². The smallest absolute Gasteiger partial charge is 0.263 e. The van der Waals surface area contributed by atoms with Gasteiger partial charge in [-0.25, -0.2) is 8.42 Å². The summed E-state index contributed by atoms with van der Waals surface area (Å²) >= 11 is 7.43. The maximum absolute atomic E-state index is 12.9. The monoisotopic (exact) mass is 494 g/mol. The van der Waals surface area contributed by atoms with E-state index in [-0.39, 0.29) is 15.5 Å². The fourth-order valence-electron chi connectivity index (χ4n) is 2.75. The normalized spacial score (nSPS) is 11.2. The van der Waals surface area contributed by atoms with Crippen LogP contribution in [0.2, 0.25) is 5.02 Å². The van der Waals surface area contributed by atoms with Crippen molar-refractivity contribution in [3.63, 3.8) is 0 Å². The van der Waals surface area contributed by atoms with Crippen LogP contribution in [0.4, 0.5) is 10.8 Å². The molecule has 2 N–H and O–H groups in total. The van der Waals surface area contributed by atoms with Crippen molar-refractivity contribution in [3.8, 4) is 5.75 Å². The molecule has 1 amide bonds. The zero-order valence-corrected chi connectivity index (χ0v) is 20.0. The molecule has 170 valence electrons. The van der Waals surface area contributed by atoms with Crippen LogP contribution in [0, 0.1) is 0 Å². The molecule has 0 aliphatic carbocycles. The Morgan fingerprint density at radius 2 is 1.88 bits per heavy atom. The second-order valence-electron chi connectivity index (χ2n) is 6.77. The molecule has 0 saturated heterocycles. The summed E-state index contributed by atoms with van der Waals surface area (Å²) in [4.78, 5) is 12.4. The van der Waals surface area contributed by atoms with E-state index < -0.39 is 15.9 Å². The van der Waals surface area contributed by atoms with E-state index in [4.69, 9.17) is 16.3 Å². The summed E-state index contributed by atoms with van der Waals surface area (Å²) in [5, 5.41) is 11.9. The van der Waals surface area contributed by atoms with Crippen molar-refractivity contribution in [1.29, 1.82) is 0 Å². The Hall–Kier alpha value is -2.69. The first kappa shape index (κ1) is 24.0. The number of rotatable bonds is 10. The van der Waals surface area contributed by atoms with Crippen LogP contribution in [-0.2, 0) is 16.4 Å². The van der Waals surface area contributed by atoms with Crippen LogP contribution in [0.5, 0.6) is 5.75 Å². The van der Waals surface area contributed by atoms with Gasteiger partial charge in [0.15, 0.2) is 0 Å². The van der Waals surface area contributed by atoms with Gasteiger partial charge in [0.2, 0.25) is 5.13 Å². The molecule has 0 fully saturated rings. The van der Waals surface area contributed by atoms with Gasteiger partial charge >= 0.3 is 0 Å². The molecule has 0 saturated carbocycles. The highest BCUT2D eigenvalue weighted by molar-refractivity contribution is 7.92. The van der Waals surface area contributed by atoms with Crippen molar-refractivity contribution in [2.75, 3.05) is 16.6 Å². The van der Waals surface area contributed by atoms with Crippen LogP contribution in [0.25, 0.3) is 0 Å². The average molecular weight is 495 g/mol. The standard InChI is InChI=1S/C21H23ClN4O4S2/c1-3-5-6-19-24-25-21(31-19)23-20(27)14-7-12-17(22)18(13-14)32(28,29)26-15-8-10-16(11-9-15)30-4-2/h7-13,26H,3-6H2,1-2H3,(H,23,25,27). The van der Waals surface area contributed by atoms with Crippen LogP contribution in [0.1, 0.15) is 42.1 Å². The number of carbonyl (C=O) groups is 1. The van der Waals surface area contributed by atoms with Gasteiger partial charge in [0.25, 0.3) is 15.9 Å². The molecule has 2 aromatic carbocycles. The average Bonchev–Trinajstić information content (AvgIpc) is 3.21. The minimum absolute atomic E-state index is 0.00208. The number of hydrogen-bond acceptors (Lipinski definition) is 7. The number of carbonyl (C=O) groups excluding carboxylic acids is 1. The second kappa shape index (κ2) is 10.8. The molecule has 0 spiro atoms. The second-order valence-corrected chi connectivity index (χ2v) is 9.89. The fourth-order valence-corrected chi connectivity index (χ4v) is 5.11. The largest absolute Gasteiger partial charge is 0.494 e. The van der Waals surface area contributed by atoms with Crippen LogP contribution in [0.15, 0.2) is 47.4 Å². The zero-order chi connectivity index (χ0) is 23.1. The van der Waals surface area contributed by atoms with Crippen LogP contribution >= 0.6 is 22.9 Å². The SMILES string of the molecule is CCCCc1nnc(NC(=O)c2ccc(Cl)c(S(=O)(=O)Nc3ccc(OCC)cc3)c2)s1. The van der Waals surface area contributed by atoms with Gasteiger partial charge in [-0.2, -0.15) is 0 Å². The number of ether oxygens (including phenoxy) is 1. The third-order valence-electron chi connectivity index (χ3n) is 4.33. The van der Waals surface area contributed by atoms with E-state index in [1.807, 2.05) is 6.92 Å². The molecule has 1 heterocycles. The van der Waals surface area contributed by atoms with Crippen molar-refractivity contribution >= 4 is 49.7 Å². The predicted octanol–water partition coefficient (Wildman–Crippen LogP) is 4.99. The third-order valence-corrected chi connectivity index (χ3v) is 7.09. The molecule has 0 aliphatic heterocycles. The summed E-state index contributed by atoms with van der Waals surface area (Å²) < 4.78 is 33.6. The first-order chi connectivity index (χ1) is 15.3. The Labute approximate surface area is 196 Å². The summed E-state index contributed by atoms with van der Waals surface area (Å²) in [6.07, 6.45) is 2.82. The molecular weight excluding hydrogens is 472 g/mol. The molecule has 0 unspecified atom stereocenters. The number of nitrogens with zero attached hydrogens (tertiary/aromatic N) is 2. The summed E-state index contributed by atoms with van der Waals surface area (Å²) in [7, 11) is -4.03. The molecule has 11 heteroatoms. The molecule has 8 nitrogen and oxygen atoms in total. The highest BCUT2D eigenvalue weighted by Gasteiger charge is 2.21. The number of halogens is 1. The maximum Gasteiger partial charge on any atom is 0.263 e. The molecule has 32 heavy (non-hydrogen) atoms. The molecular formula is C21H23ClN4O4S2. The van der Waals surface area contributed by atoms with Crippen LogP contribution in [-0.4, -0.2) is 31.1 Å². The first-order valence-electron chi connectivity index (χ1n) is 10.0. The van der Waals surface area contributed by atoms with Gasteiger partial charge in [-0.15, -0.1) is 10.2 Å². The highest BCUT2D eigenvalue weighted by Crippen LogP contribution is 2.27.